The number of nitrogens with zero attached hydrogens (tertiary/aromatic N) is 3. The smallest absolute Gasteiger partial charge is 0.160 e. The Balaban J connectivity index is 2.68. The third kappa shape index (κ3) is 1.70. The largest absolute Gasteiger partial charge is 0.237 e. The van der Waals surface area contributed by atoms with Crippen LogP contribution in [0.3, 0.4) is 0 Å². The predicted molar refractivity (Wildman–Crippen MR) is 56.9 cm³/mol. The van der Waals surface area contributed by atoms with Crippen molar-refractivity contribution in [2.75, 3.05) is 0 Å². The first-order chi connectivity index (χ1) is 7.33. The van der Waals surface area contributed by atoms with Gasteiger partial charge in [-0.15, -0.1) is 0 Å². The van der Waals surface area contributed by atoms with Gasteiger partial charge in [0.1, 0.15) is 0 Å². The normalized spacial score (nSPS) is 9.60. The van der Waals surface area contributed by atoms with Crippen molar-refractivity contribution < 1.29 is 0 Å². The molecule has 0 amide bonds. The molecule has 1 aromatic heterocycles. The highest BCUT2D eigenvalue weighted by Crippen LogP contribution is 2.22. The molecular formula is C12H9N3. The average molecular weight is 195 g/mol. The van der Waals surface area contributed by atoms with Gasteiger partial charge in [-0.3, -0.25) is 0 Å². The van der Waals surface area contributed by atoms with Crippen molar-refractivity contribution >= 4 is 0 Å². The Labute approximate surface area is 88.1 Å². The van der Waals surface area contributed by atoms with Crippen LogP contribution in [0.25, 0.3) is 11.4 Å². The Hall–Kier alpha value is -2.21. The Morgan fingerprint density at radius 1 is 1.13 bits per heavy atom. The molecule has 15 heavy (non-hydrogen) atoms. The molecule has 0 unspecified atom stereocenters. The highest BCUT2D eigenvalue weighted by molar-refractivity contribution is 5.67. The Bertz CT molecular complexity index is 512. The van der Waals surface area contributed by atoms with Crippen LogP contribution in [0.1, 0.15) is 11.1 Å². The summed E-state index contributed by atoms with van der Waals surface area (Å²) in [6.45, 7) is 1.95. The van der Waals surface area contributed by atoms with E-state index in [0.29, 0.717) is 11.4 Å². The van der Waals surface area contributed by atoms with E-state index < -0.39 is 0 Å². The predicted octanol–water partition coefficient (Wildman–Crippen LogP) is 2.32. The lowest BCUT2D eigenvalue weighted by Gasteiger charge is -2.05. The summed E-state index contributed by atoms with van der Waals surface area (Å²) in [4.78, 5) is 8.31. The fourth-order valence-corrected chi connectivity index (χ4v) is 1.49. The minimum Gasteiger partial charge on any atom is -0.237 e. The van der Waals surface area contributed by atoms with Gasteiger partial charge in [0.15, 0.2) is 5.82 Å². The van der Waals surface area contributed by atoms with Gasteiger partial charge in [0, 0.05) is 18.0 Å². The number of aromatic nitrogens is 2. The van der Waals surface area contributed by atoms with Gasteiger partial charge < -0.3 is 0 Å². The molecule has 0 aliphatic rings. The minimum atomic E-state index is 0.604. The Kier molecular flexibility index (Phi) is 2.42. The van der Waals surface area contributed by atoms with Gasteiger partial charge in [-0.2, -0.15) is 5.26 Å². The first-order valence-electron chi connectivity index (χ1n) is 4.60. The first-order valence-corrected chi connectivity index (χ1v) is 4.60. The van der Waals surface area contributed by atoms with Gasteiger partial charge >= 0.3 is 0 Å². The third-order valence-electron chi connectivity index (χ3n) is 2.18. The van der Waals surface area contributed by atoms with Crippen LogP contribution < -0.4 is 0 Å². The molecule has 0 saturated carbocycles. The molecular weight excluding hydrogens is 186 g/mol. The minimum absolute atomic E-state index is 0.604. The maximum atomic E-state index is 9.00. The topological polar surface area (TPSA) is 49.6 Å². The maximum Gasteiger partial charge on any atom is 0.160 e. The van der Waals surface area contributed by atoms with E-state index in [2.05, 4.69) is 16.0 Å². The van der Waals surface area contributed by atoms with Crippen molar-refractivity contribution in [2.45, 2.75) is 6.92 Å². The van der Waals surface area contributed by atoms with Crippen molar-refractivity contribution in [3.05, 3.63) is 47.8 Å². The molecule has 1 aromatic carbocycles. The molecule has 0 aliphatic heterocycles. The molecule has 3 nitrogen and oxygen atoms in total. The molecule has 0 atom stereocenters. The zero-order chi connectivity index (χ0) is 10.7. The molecule has 0 N–H and O–H groups in total. The van der Waals surface area contributed by atoms with Gasteiger partial charge in [0.2, 0.25) is 0 Å². The molecule has 2 rings (SSSR count). The molecule has 0 fully saturated rings. The lowest BCUT2D eigenvalue weighted by Crippen LogP contribution is -1.93. The van der Waals surface area contributed by atoms with E-state index in [0.717, 1.165) is 11.1 Å². The fourth-order valence-electron chi connectivity index (χ4n) is 1.49. The number of hydrogen-bond acceptors (Lipinski definition) is 3. The zero-order valence-corrected chi connectivity index (χ0v) is 8.31. The molecule has 0 bridgehead atoms. The average Bonchev–Trinajstić information content (AvgIpc) is 2.29. The summed E-state index contributed by atoms with van der Waals surface area (Å²) in [6, 6.07) is 9.50. The third-order valence-corrected chi connectivity index (χ3v) is 2.18. The maximum absolute atomic E-state index is 9.00. The second-order valence-electron chi connectivity index (χ2n) is 3.18. The quantitative estimate of drug-likeness (QED) is 0.701. The van der Waals surface area contributed by atoms with Crippen LogP contribution in [0.2, 0.25) is 0 Å². The van der Waals surface area contributed by atoms with Crippen LogP contribution in [-0.4, -0.2) is 9.97 Å². The van der Waals surface area contributed by atoms with E-state index in [1.807, 2.05) is 19.1 Å². The summed E-state index contributed by atoms with van der Waals surface area (Å²) in [7, 11) is 0. The van der Waals surface area contributed by atoms with E-state index in [-0.39, 0.29) is 0 Å². The number of rotatable bonds is 1. The Morgan fingerprint density at radius 2 is 1.87 bits per heavy atom. The monoisotopic (exact) mass is 195 g/mol. The zero-order valence-electron chi connectivity index (χ0n) is 8.31. The Morgan fingerprint density at radius 3 is 2.53 bits per heavy atom. The van der Waals surface area contributed by atoms with E-state index in [4.69, 9.17) is 5.26 Å². The van der Waals surface area contributed by atoms with E-state index >= 15 is 0 Å². The van der Waals surface area contributed by atoms with E-state index in [1.54, 1.807) is 24.5 Å². The van der Waals surface area contributed by atoms with E-state index in [9.17, 15) is 0 Å². The lowest BCUT2D eigenvalue weighted by molar-refractivity contribution is 1.16. The van der Waals surface area contributed by atoms with Crippen molar-refractivity contribution in [3.8, 4) is 17.5 Å². The molecule has 0 saturated heterocycles. The second-order valence-corrected chi connectivity index (χ2v) is 3.18. The van der Waals surface area contributed by atoms with Crippen molar-refractivity contribution in [2.24, 2.45) is 0 Å². The molecule has 0 aliphatic carbocycles. The number of nitriles is 1. The summed E-state index contributed by atoms with van der Waals surface area (Å²) >= 11 is 0. The van der Waals surface area contributed by atoms with Crippen LogP contribution in [0.15, 0.2) is 36.7 Å². The fraction of sp³-hybridized carbons (Fsp3) is 0.0833. The highest BCUT2D eigenvalue weighted by Gasteiger charge is 2.09. The standard InChI is InChI=1S/C12H9N3/c1-9-4-2-5-10(8-13)11(9)12-14-6-3-7-15-12/h2-7H,1H3. The van der Waals surface area contributed by atoms with E-state index in [1.165, 1.54) is 0 Å². The van der Waals surface area contributed by atoms with Crippen molar-refractivity contribution in [3.63, 3.8) is 0 Å². The SMILES string of the molecule is Cc1cccc(C#N)c1-c1ncccn1. The molecule has 72 valence electrons. The van der Waals surface area contributed by atoms with Crippen LogP contribution in [0, 0.1) is 18.3 Å². The van der Waals surface area contributed by atoms with Crippen LogP contribution in [0.5, 0.6) is 0 Å². The number of benzene rings is 1. The van der Waals surface area contributed by atoms with Crippen LogP contribution in [-0.2, 0) is 0 Å². The lowest BCUT2D eigenvalue weighted by atomic mass is 10.0. The van der Waals surface area contributed by atoms with Gasteiger partial charge in [-0.1, -0.05) is 12.1 Å². The molecule has 0 spiro atoms. The molecule has 1 heterocycles. The summed E-state index contributed by atoms with van der Waals surface area (Å²) in [5.74, 6) is 0.604. The molecule has 2 aromatic rings. The highest BCUT2D eigenvalue weighted by atomic mass is 14.9. The van der Waals surface area contributed by atoms with Crippen molar-refractivity contribution in [1.29, 1.82) is 5.26 Å². The molecule has 0 radical (unpaired) electrons. The molecule has 3 heteroatoms. The first kappa shape index (κ1) is 9.35. The number of hydrogen-bond donors (Lipinski definition) is 0. The summed E-state index contributed by atoms with van der Waals surface area (Å²) in [6.07, 6.45) is 3.35. The second kappa shape index (κ2) is 3.89. The van der Waals surface area contributed by atoms with Gasteiger partial charge in [0.25, 0.3) is 0 Å². The van der Waals surface area contributed by atoms with Gasteiger partial charge in [-0.25, -0.2) is 9.97 Å². The summed E-state index contributed by atoms with van der Waals surface area (Å²) in [5, 5.41) is 9.00. The summed E-state index contributed by atoms with van der Waals surface area (Å²) < 4.78 is 0. The van der Waals surface area contributed by atoms with Crippen molar-refractivity contribution in [1.82, 2.24) is 9.97 Å². The number of aryl methyl sites for hydroxylation is 1. The van der Waals surface area contributed by atoms with Gasteiger partial charge in [0.05, 0.1) is 11.6 Å². The van der Waals surface area contributed by atoms with Crippen LogP contribution >= 0.6 is 0 Å². The van der Waals surface area contributed by atoms with Gasteiger partial charge in [-0.05, 0) is 24.6 Å². The van der Waals surface area contributed by atoms with Crippen LogP contribution in [0.4, 0.5) is 0 Å². The summed E-state index contributed by atoms with van der Waals surface area (Å²) in [5.41, 5.74) is 2.45.